The van der Waals surface area contributed by atoms with E-state index < -0.39 is 10.8 Å². The Bertz CT molecular complexity index is 2960. The van der Waals surface area contributed by atoms with Crippen LogP contribution in [0.25, 0.3) is 0 Å². The molecule has 2 aromatic heterocycles. The molecule has 5 N–H and O–H groups in total. The first kappa shape index (κ1) is 63.1. The molecule has 0 bridgehead atoms. The molecule has 0 saturated carbocycles. The molecule has 0 radical (unpaired) electrons. The monoisotopic (exact) mass is 1190 g/mol. The molecule has 17 nitrogen and oxygen atoms in total. The van der Waals surface area contributed by atoms with Gasteiger partial charge in [-0.25, -0.2) is 8.78 Å². The fraction of sp³-hybridized carbons (Fsp3) is 0.612. The molecule has 0 unspecified atom stereocenters. The number of carbonyl (C=O) groups excluding carboxylic acids is 4. The number of hydrogen-bond donors (Lipinski definition) is 5. The topological polar surface area (TPSA) is 190 Å². The number of aromatic amines is 2. The smallest absolute Gasteiger partial charge is 0.251 e. The molecular weight excluding hydrogens is 1090 g/mol. The normalized spacial score (nSPS) is 24.4. The fourth-order valence-electron chi connectivity index (χ4n) is 14.5. The molecule has 6 aliphatic heterocycles. The maximum absolute atomic E-state index is 14.4. The predicted octanol–water partition coefficient (Wildman–Crippen LogP) is 6.39. The Kier molecular flexibility index (Phi) is 20.2. The minimum absolute atomic E-state index is 0.00219. The Labute approximate surface area is 506 Å². The lowest BCUT2D eigenvalue weighted by Crippen LogP contribution is -2.62. The number of unbranched alkanes of at least 4 members (excludes halogenated alkanes) is 3. The van der Waals surface area contributed by atoms with Gasteiger partial charge in [-0.3, -0.25) is 43.5 Å². The highest BCUT2D eigenvalue weighted by molar-refractivity contribution is 5.98. The summed E-state index contributed by atoms with van der Waals surface area (Å²) >= 11 is 0. The lowest BCUT2D eigenvalue weighted by molar-refractivity contribution is -0.123. The molecule has 466 valence electrons. The lowest BCUT2D eigenvalue weighted by atomic mass is 9.91. The van der Waals surface area contributed by atoms with Crippen LogP contribution in [0.1, 0.15) is 146 Å². The number of Topliss-reactive ketones (excluding diaryl/α,β-unsaturated/α-hetero) is 1. The maximum Gasteiger partial charge on any atom is 0.251 e. The summed E-state index contributed by atoms with van der Waals surface area (Å²) in [5.74, 6) is 0.0315. The molecule has 4 saturated heterocycles. The molecule has 4 fully saturated rings. The summed E-state index contributed by atoms with van der Waals surface area (Å²) in [6.45, 7) is 22.0. The summed E-state index contributed by atoms with van der Waals surface area (Å²) in [4.78, 5) is 101. The number of halogens is 2. The Morgan fingerprint density at radius 2 is 1.07 bits per heavy atom. The van der Waals surface area contributed by atoms with Crippen LogP contribution in [-0.4, -0.2) is 175 Å². The number of piperidine rings is 2. The molecule has 10 rings (SSSR count). The average Bonchev–Trinajstić information content (AvgIpc) is 2.14. The summed E-state index contributed by atoms with van der Waals surface area (Å²) in [5, 5.41) is 10.6. The number of aromatic nitrogens is 2. The number of hydrogen-bond acceptors (Lipinski definition) is 12. The van der Waals surface area contributed by atoms with Crippen LogP contribution in [0.2, 0.25) is 0 Å². The molecule has 2 aromatic carbocycles. The van der Waals surface area contributed by atoms with Crippen molar-refractivity contribution in [2.24, 2.45) is 5.92 Å². The Hall–Kier alpha value is -5.96. The van der Waals surface area contributed by atoms with Crippen molar-refractivity contribution in [3.05, 3.63) is 127 Å². The van der Waals surface area contributed by atoms with Crippen molar-refractivity contribution < 1.29 is 28.0 Å². The van der Waals surface area contributed by atoms with Crippen LogP contribution in [-0.2, 0) is 42.8 Å². The van der Waals surface area contributed by atoms with Gasteiger partial charge < -0.3 is 40.6 Å². The van der Waals surface area contributed by atoms with Crippen LogP contribution < -0.4 is 36.9 Å². The Balaban J connectivity index is 0.629. The van der Waals surface area contributed by atoms with Crippen molar-refractivity contribution in [3.8, 4) is 0 Å². The van der Waals surface area contributed by atoms with Gasteiger partial charge in [-0.05, 0) is 119 Å². The van der Waals surface area contributed by atoms with Crippen LogP contribution in [0, 0.1) is 17.6 Å². The van der Waals surface area contributed by atoms with Gasteiger partial charge in [-0.2, -0.15) is 0 Å². The minimum Gasteiger partial charge on any atom is -0.352 e. The van der Waals surface area contributed by atoms with Crippen molar-refractivity contribution in [1.29, 1.82) is 0 Å². The fourth-order valence-corrected chi connectivity index (χ4v) is 14.5. The highest BCUT2D eigenvalue weighted by Gasteiger charge is 2.43. The summed E-state index contributed by atoms with van der Waals surface area (Å²) in [6.07, 6.45) is 9.69. The summed E-state index contributed by atoms with van der Waals surface area (Å²) in [6, 6.07) is 16.7. The summed E-state index contributed by atoms with van der Waals surface area (Å²) in [5.41, 5.74) is 4.44. The quantitative estimate of drug-likeness (QED) is 0.0547. The minimum atomic E-state index is -0.438. The highest BCUT2D eigenvalue weighted by atomic mass is 19.1. The van der Waals surface area contributed by atoms with E-state index in [-0.39, 0.29) is 83.8 Å². The van der Waals surface area contributed by atoms with E-state index in [1.807, 2.05) is 35.8 Å². The number of likely N-dealkylation sites (tertiary alicyclic amines) is 2. The van der Waals surface area contributed by atoms with E-state index in [9.17, 15) is 37.5 Å². The lowest BCUT2D eigenvalue weighted by Gasteiger charge is -2.43. The van der Waals surface area contributed by atoms with Crippen molar-refractivity contribution in [1.82, 2.24) is 45.5 Å². The maximum atomic E-state index is 14.4. The number of carbonyl (C=O) groups is 4. The van der Waals surface area contributed by atoms with Gasteiger partial charge in [0.15, 0.2) is 0 Å². The standard InChI is InChI=1S/C67H93F2N11O6/c1-44-34-77(40-60(83)79-42-66(3,4)62-57(79)30-49(64(85)73-62)27-46-17-21-51(68)22-18-46)54(32-70-44)38-75-25-11-13-48(36-75)29-56(81)15-9-7-8-10-16-59(82)72-53-14-12-26-76(37-53)39-55-33-71-45(2)35-78(55)41-61(84)80-43-67(5,6)63-58(80)31-50(65(86)74-63)28-47-19-23-52(69)24-20-47/h17-24,30-31,44-45,48,53-55,70-71H,7-16,25-29,32-43H2,1-6H3,(H,72,82)(H,73,85)(H,74,86)/t44-,45-,48-,53+,54-,55-/m1/s1. The number of ketones is 1. The van der Waals surface area contributed by atoms with Gasteiger partial charge in [-0.1, -0.05) is 64.8 Å². The molecular formula is C67H93F2N11O6. The first-order valence-electron chi connectivity index (χ1n) is 32.0. The second-order valence-electron chi connectivity index (χ2n) is 27.5. The number of nitrogens with one attached hydrogen (secondary N) is 5. The molecule has 4 aromatic rings. The molecule has 3 amide bonds. The zero-order valence-electron chi connectivity index (χ0n) is 51.7. The molecule has 19 heteroatoms. The number of H-pyrrole nitrogens is 2. The third-order valence-corrected chi connectivity index (χ3v) is 19.1. The number of piperazine rings is 2. The molecule has 0 aliphatic carbocycles. The Morgan fingerprint density at radius 3 is 1.57 bits per heavy atom. The largest absolute Gasteiger partial charge is 0.352 e. The van der Waals surface area contributed by atoms with E-state index in [1.54, 1.807) is 24.3 Å². The van der Waals surface area contributed by atoms with E-state index in [4.69, 9.17) is 0 Å². The number of rotatable bonds is 22. The Morgan fingerprint density at radius 1 is 0.605 bits per heavy atom. The van der Waals surface area contributed by atoms with Gasteiger partial charge in [-0.15, -0.1) is 0 Å². The van der Waals surface area contributed by atoms with E-state index in [0.29, 0.717) is 68.0 Å². The number of fused-ring (bicyclic) bond motifs is 2. The van der Waals surface area contributed by atoms with Crippen molar-refractivity contribution in [2.45, 2.75) is 166 Å². The van der Waals surface area contributed by atoms with E-state index >= 15 is 0 Å². The van der Waals surface area contributed by atoms with Gasteiger partial charge in [0.2, 0.25) is 17.7 Å². The predicted molar refractivity (Wildman–Crippen MR) is 333 cm³/mol. The van der Waals surface area contributed by atoms with Crippen molar-refractivity contribution >= 4 is 34.9 Å². The zero-order chi connectivity index (χ0) is 60.9. The summed E-state index contributed by atoms with van der Waals surface area (Å²) < 4.78 is 27.3. The van der Waals surface area contributed by atoms with E-state index in [2.05, 4.69) is 73.2 Å². The SMILES string of the molecule is C[C@@H]1CN(CC(=O)N2CC(C)(C)c3[nH]c(=O)c(Cc4ccc(F)cc4)cc32)[C@@H](CN2CCC[C@H](CC(=O)CCCCCCC(=O)N[C@H]3CCCN(C[C@H]4CN[C@H](C)CN4CC(=O)N4CC(C)(C)c5[nH]c(=O)c(Cc6ccc(F)cc6)cc54)C3)C2)CN1. The molecule has 0 spiro atoms. The average molecular weight is 1190 g/mol. The number of nitrogens with zero attached hydrogens (tertiary/aromatic N) is 6. The molecule has 6 atom stereocenters. The van der Waals surface area contributed by atoms with Crippen molar-refractivity contribution in [3.63, 3.8) is 0 Å². The van der Waals surface area contributed by atoms with E-state index in [1.165, 1.54) is 24.3 Å². The van der Waals surface area contributed by atoms with Gasteiger partial charge >= 0.3 is 0 Å². The second-order valence-corrected chi connectivity index (χ2v) is 27.5. The first-order chi connectivity index (χ1) is 41.1. The first-order valence-corrected chi connectivity index (χ1v) is 32.0. The number of benzene rings is 2. The van der Waals surface area contributed by atoms with Crippen LogP contribution >= 0.6 is 0 Å². The van der Waals surface area contributed by atoms with Gasteiger partial charge in [0.1, 0.15) is 17.4 Å². The van der Waals surface area contributed by atoms with E-state index in [0.717, 1.165) is 151 Å². The number of pyridine rings is 2. The highest BCUT2D eigenvalue weighted by Crippen LogP contribution is 2.41. The van der Waals surface area contributed by atoms with Gasteiger partial charge in [0.25, 0.3) is 11.1 Å². The molecule has 8 heterocycles. The molecule has 6 aliphatic rings. The second kappa shape index (κ2) is 27.6. The number of anilines is 2. The van der Waals surface area contributed by atoms with Crippen LogP contribution in [0.4, 0.5) is 20.2 Å². The molecule has 86 heavy (non-hydrogen) atoms. The van der Waals surface area contributed by atoms with Crippen molar-refractivity contribution in [2.75, 3.05) is 101 Å². The summed E-state index contributed by atoms with van der Waals surface area (Å²) in [7, 11) is 0. The number of amides is 3. The van der Waals surface area contributed by atoms with Crippen LogP contribution in [0.15, 0.2) is 70.3 Å². The van der Waals surface area contributed by atoms with Gasteiger partial charge in [0.05, 0.1) is 24.5 Å². The van der Waals surface area contributed by atoms with Crippen LogP contribution in [0.3, 0.4) is 0 Å². The zero-order valence-corrected chi connectivity index (χ0v) is 51.7. The van der Waals surface area contributed by atoms with Crippen LogP contribution in [0.5, 0.6) is 0 Å². The third kappa shape index (κ3) is 15.8. The van der Waals surface area contributed by atoms with Gasteiger partial charge in [0, 0.05) is 161 Å². The third-order valence-electron chi connectivity index (χ3n) is 19.1.